The Hall–Kier alpha value is -3.50. The smallest absolute Gasteiger partial charge is 0.328 e. The maximum absolute atomic E-state index is 9.55. The number of benzene rings is 2. The van der Waals surface area contributed by atoms with Gasteiger partial charge in [-0.15, -0.1) is 0 Å². The summed E-state index contributed by atoms with van der Waals surface area (Å²) in [6, 6.07) is 18.6. The van der Waals surface area contributed by atoms with Crippen LogP contribution in [-0.4, -0.2) is 89.8 Å². The zero-order chi connectivity index (χ0) is 28.5. The minimum Gasteiger partial charge on any atom is -0.497 e. The first-order valence-electron chi connectivity index (χ1n) is 12.9. The molecule has 0 atom stereocenters. The summed E-state index contributed by atoms with van der Waals surface area (Å²) in [5.74, 6) is -0.747. The van der Waals surface area contributed by atoms with Crippen molar-refractivity contribution in [2.75, 3.05) is 46.7 Å². The number of methoxy groups -OCH3 is 1. The molecule has 2 aromatic rings. The van der Waals surface area contributed by atoms with Gasteiger partial charge in [0, 0.05) is 38.3 Å². The van der Waals surface area contributed by atoms with Crippen molar-refractivity contribution in [2.45, 2.75) is 31.7 Å². The molecule has 0 unspecified atom stereocenters. The van der Waals surface area contributed by atoms with Crippen molar-refractivity contribution < 1.29 is 29.3 Å². The number of nitrogens with zero attached hydrogens (tertiary/aromatic N) is 3. The molecule has 0 aromatic heterocycles. The lowest BCUT2D eigenvalue weighted by molar-refractivity contribution is -0.134. The minimum atomic E-state index is -1.26. The number of carboxylic acid groups (broad SMARTS) is 2. The first-order valence-corrected chi connectivity index (χ1v) is 14.1. The van der Waals surface area contributed by atoms with E-state index < -0.39 is 11.9 Å². The summed E-state index contributed by atoms with van der Waals surface area (Å²) >= 11 is 1.73. The third-order valence-corrected chi connectivity index (χ3v) is 6.88. The van der Waals surface area contributed by atoms with E-state index in [1.54, 1.807) is 18.9 Å². The summed E-state index contributed by atoms with van der Waals surface area (Å²) in [6.45, 7) is 4.22. The average molecular weight is 558 g/mol. The molecule has 0 amide bonds. The first kappa shape index (κ1) is 31.7. The standard InChI is InChI=1S/C25H35N3O2S.C4H4O4/c1-27(25(31-3)26-21-9-5-4-6-10-21)22-15-18-28(19-16-22)17-7-8-20-30-24-13-11-23(29-2)12-14-24;5-3(6)1-2-4(7)8/h4-6,9-14,22H,7-8,15-20H2,1-3H3;1-2H,(H,5,6)(H,7,8)/b;2-1+. The zero-order valence-electron chi connectivity index (χ0n) is 22.9. The molecule has 39 heavy (non-hydrogen) atoms. The summed E-state index contributed by atoms with van der Waals surface area (Å²) in [6.07, 6.45) is 7.85. The third kappa shape index (κ3) is 12.7. The molecule has 1 heterocycles. The molecule has 1 aliphatic rings. The van der Waals surface area contributed by atoms with Crippen LogP contribution in [0.3, 0.4) is 0 Å². The SMILES string of the molecule is COc1ccc(OCCCCN2CCC(N(C)C(=Nc3ccccc3)SC)CC2)cc1.O=C(O)/C=C/C(=O)O. The molecule has 10 heteroatoms. The Morgan fingerprint density at radius 3 is 2.13 bits per heavy atom. The topological polar surface area (TPSA) is 112 Å². The lowest BCUT2D eigenvalue weighted by atomic mass is 10.0. The number of piperidine rings is 1. The number of hydrogen-bond donors (Lipinski definition) is 2. The zero-order valence-corrected chi connectivity index (χ0v) is 23.7. The summed E-state index contributed by atoms with van der Waals surface area (Å²) in [4.78, 5) is 28.9. The lowest BCUT2D eigenvalue weighted by Crippen LogP contribution is -2.45. The Bertz CT molecular complexity index is 1040. The fourth-order valence-corrected chi connectivity index (χ4v) is 4.64. The molecule has 1 aliphatic heterocycles. The van der Waals surface area contributed by atoms with Crippen molar-refractivity contribution in [3.8, 4) is 11.5 Å². The summed E-state index contributed by atoms with van der Waals surface area (Å²) in [5.41, 5.74) is 1.02. The predicted molar refractivity (Wildman–Crippen MR) is 156 cm³/mol. The Morgan fingerprint density at radius 1 is 1.00 bits per heavy atom. The predicted octanol–water partition coefficient (Wildman–Crippen LogP) is 5.01. The van der Waals surface area contributed by atoms with Gasteiger partial charge in [-0.25, -0.2) is 14.6 Å². The minimum absolute atomic E-state index is 0.558. The van der Waals surface area contributed by atoms with E-state index in [1.807, 2.05) is 42.5 Å². The molecule has 212 valence electrons. The van der Waals surface area contributed by atoms with Gasteiger partial charge in [-0.2, -0.15) is 0 Å². The van der Waals surface area contributed by atoms with Crippen LogP contribution >= 0.6 is 11.8 Å². The molecule has 0 spiro atoms. The highest BCUT2D eigenvalue weighted by atomic mass is 32.2. The fourth-order valence-electron chi connectivity index (χ4n) is 4.01. The number of ether oxygens (including phenoxy) is 2. The quantitative estimate of drug-likeness (QED) is 0.170. The average Bonchev–Trinajstić information content (AvgIpc) is 2.96. The van der Waals surface area contributed by atoms with Crippen LogP contribution < -0.4 is 9.47 Å². The number of carboxylic acids is 2. The van der Waals surface area contributed by atoms with Gasteiger partial charge in [0.15, 0.2) is 5.17 Å². The van der Waals surface area contributed by atoms with E-state index in [1.165, 1.54) is 19.3 Å². The van der Waals surface area contributed by atoms with Gasteiger partial charge in [-0.1, -0.05) is 30.0 Å². The van der Waals surface area contributed by atoms with Crippen LogP contribution in [0.15, 0.2) is 71.7 Å². The Labute approximate surface area is 235 Å². The molecule has 1 fully saturated rings. The molecule has 0 bridgehead atoms. The summed E-state index contributed by atoms with van der Waals surface area (Å²) in [5, 5.41) is 16.7. The lowest BCUT2D eigenvalue weighted by Gasteiger charge is -2.37. The highest BCUT2D eigenvalue weighted by Crippen LogP contribution is 2.22. The van der Waals surface area contributed by atoms with Gasteiger partial charge in [-0.05, 0) is 74.9 Å². The third-order valence-electron chi connectivity index (χ3n) is 6.14. The van der Waals surface area contributed by atoms with Gasteiger partial charge >= 0.3 is 11.9 Å². The van der Waals surface area contributed by atoms with Crippen molar-refractivity contribution >= 4 is 34.6 Å². The number of para-hydroxylation sites is 1. The highest BCUT2D eigenvalue weighted by molar-refractivity contribution is 8.13. The van der Waals surface area contributed by atoms with Gasteiger partial charge < -0.3 is 29.5 Å². The molecule has 0 saturated carbocycles. The molecule has 9 nitrogen and oxygen atoms in total. The molecule has 2 aromatic carbocycles. The van der Waals surface area contributed by atoms with Crippen molar-refractivity contribution in [2.24, 2.45) is 4.99 Å². The molecular formula is C29H39N3O6S. The summed E-state index contributed by atoms with van der Waals surface area (Å²) in [7, 11) is 3.87. The van der Waals surface area contributed by atoms with E-state index in [9.17, 15) is 9.59 Å². The van der Waals surface area contributed by atoms with Gasteiger partial charge in [-0.3, -0.25) is 0 Å². The fraction of sp³-hybridized carbons (Fsp3) is 0.414. The Balaban J connectivity index is 0.000000580. The van der Waals surface area contributed by atoms with Crippen LogP contribution in [-0.2, 0) is 9.59 Å². The Morgan fingerprint density at radius 2 is 1.59 bits per heavy atom. The number of aliphatic carboxylic acids is 2. The number of amidine groups is 1. The van der Waals surface area contributed by atoms with Crippen LogP contribution in [0.1, 0.15) is 25.7 Å². The van der Waals surface area contributed by atoms with Crippen LogP contribution in [0.5, 0.6) is 11.5 Å². The number of carbonyl (C=O) groups is 2. The van der Waals surface area contributed by atoms with E-state index >= 15 is 0 Å². The van der Waals surface area contributed by atoms with E-state index in [-0.39, 0.29) is 0 Å². The maximum atomic E-state index is 9.55. The number of hydrogen-bond acceptors (Lipinski definition) is 7. The molecule has 0 radical (unpaired) electrons. The van der Waals surface area contributed by atoms with Crippen molar-refractivity contribution in [1.29, 1.82) is 0 Å². The number of unbranched alkanes of at least 4 members (excludes halogenated alkanes) is 1. The maximum Gasteiger partial charge on any atom is 0.328 e. The second-order valence-electron chi connectivity index (χ2n) is 8.86. The second-order valence-corrected chi connectivity index (χ2v) is 9.63. The van der Waals surface area contributed by atoms with Crippen molar-refractivity contribution in [1.82, 2.24) is 9.80 Å². The number of rotatable bonds is 11. The monoisotopic (exact) mass is 557 g/mol. The van der Waals surface area contributed by atoms with E-state index in [0.29, 0.717) is 18.2 Å². The van der Waals surface area contributed by atoms with Gasteiger partial charge in [0.1, 0.15) is 11.5 Å². The number of likely N-dealkylation sites (tertiary alicyclic amines) is 1. The number of aliphatic imine (C=N–C) groups is 1. The van der Waals surface area contributed by atoms with Crippen LogP contribution in [0, 0.1) is 0 Å². The van der Waals surface area contributed by atoms with E-state index in [0.717, 1.165) is 55.0 Å². The van der Waals surface area contributed by atoms with E-state index in [2.05, 4.69) is 35.2 Å². The molecule has 1 saturated heterocycles. The molecule has 0 aliphatic carbocycles. The number of thioether (sulfide) groups is 1. The van der Waals surface area contributed by atoms with Crippen LogP contribution in [0.25, 0.3) is 0 Å². The molecule has 3 rings (SSSR count). The largest absolute Gasteiger partial charge is 0.497 e. The summed E-state index contributed by atoms with van der Waals surface area (Å²) < 4.78 is 11.0. The van der Waals surface area contributed by atoms with Crippen molar-refractivity contribution in [3.05, 3.63) is 66.7 Å². The van der Waals surface area contributed by atoms with Crippen LogP contribution in [0.4, 0.5) is 5.69 Å². The normalized spacial score (nSPS) is 14.4. The molecular weight excluding hydrogens is 518 g/mol. The van der Waals surface area contributed by atoms with Gasteiger partial charge in [0.2, 0.25) is 0 Å². The Kier molecular flexibility index (Phi) is 14.6. The first-order chi connectivity index (χ1) is 18.8. The van der Waals surface area contributed by atoms with Crippen LogP contribution in [0.2, 0.25) is 0 Å². The van der Waals surface area contributed by atoms with Crippen molar-refractivity contribution in [3.63, 3.8) is 0 Å². The van der Waals surface area contributed by atoms with Gasteiger partial charge in [0.05, 0.1) is 19.4 Å². The highest BCUT2D eigenvalue weighted by Gasteiger charge is 2.24. The van der Waals surface area contributed by atoms with E-state index in [4.69, 9.17) is 24.7 Å². The van der Waals surface area contributed by atoms with Gasteiger partial charge in [0.25, 0.3) is 0 Å². The molecule has 2 N–H and O–H groups in total. The second kappa shape index (κ2) is 17.9.